The van der Waals surface area contributed by atoms with Crippen LogP contribution in [0.15, 0.2) is 23.1 Å². The van der Waals surface area contributed by atoms with Gasteiger partial charge in [-0.25, -0.2) is 0 Å². The minimum Gasteiger partial charge on any atom is -0.507 e. The van der Waals surface area contributed by atoms with E-state index in [0.29, 0.717) is 0 Å². The Bertz CT molecular complexity index is 949. The SMILES string of the molecule is CC(=O)c1c(O)c(C)c(O)c2c1OC1=CC(=O)/C(=C(\C)N)C(=O)C12C. The van der Waals surface area contributed by atoms with Gasteiger partial charge in [-0.2, -0.15) is 0 Å². The van der Waals surface area contributed by atoms with E-state index in [1.807, 2.05) is 0 Å². The summed E-state index contributed by atoms with van der Waals surface area (Å²) in [4.78, 5) is 37.3. The predicted octanol–water partition coefficient (Wildman–Crippen LogP) is 1.53. The zero-order valence-electron chi connectivity index (χ0n) is 14.2. The molecule has 7 heteroatoms. The van der Waals surface area contributed by atoms with Gasteiger partial charge in [-0.3, -0.25) is 14.4 Å². The van der Waals surface area contributed by atoms with Gasteiger partial charge in [0.15, 0.2) is 17.3 Å². The largest absolute Gasteiger partial charge is 0.507 e. The molecule has 3 rings (SSSR count). The van der Waals surface area contributed by atoms with Crippen LogP contribution in [-0.4, -0.2) is 27.6 Å². The Hall–Kier alpha value is -3.09. The summed E-state index contributed by atoms with van der Waals surface area (Å²) in [6.07, 6.45) is 1.13. The number of carbonyl (C=O) groups is 3. The van der Waals surface area contributed by atoms with E-state index in [1.54, 1.807) is 0 Å². The van der Waals surface area contributed by atoms with E-state index in [-0.39, 0.29) is 45.2 Å². The molecule has 130 valence electrons. The van der Waals surface area contributed by atoms with Crippen molar-refractivity contribution in [2.45, 2.75) is 33.1 Å². The first-order valence-electron chi connectivity index (χ1n) is 7.58. The Morgan fingerprint density at radius 3 is 2.32 bits per heavy atom. The summed E-state index contributed by atoms with van der Waals surface area (Å²) in [6.45, 7) is 5.58. The van der Waals surface area contributed by atoms with Gasteiger partial charge in [0, 0.05) is 17.3 Å². The molecule has 1 heterocycles. The predicted molar refractivity (Wildman–Crippen MR) is 87.5 cm³/mol. The second-order valence-corrected chi connectivity index (χ2v) is 6.44. The first kappa shape index (κ1) is 16.8. The van der Waals surface area contributed by atoms with E-state index in [9.17, 15) is 24.6 Å². The van der Waals surface area contributed by atoms with Crippen LogP contribution in [0, 0.1) is 6.92 Å². The van der Waals surface area contributed by atoms with Crippen LogP contribution < -0.4 is 10.5 Å². The van der Waals surface area contributed by atoms with Crippen molar-refractivity contribution in [1.29, 1.82) is 0 Å². The van der Waals surface area contributed by atoms with Crippen LogP contribution >= 0.6 is 0 Å². The molecule has 1 unspecified atom stereocenters. The summed E-state index contributed by atoms with van der Waals surface area (Å²) in [5, 5.41) is 20.8. The lowest BCUT2D eigenvalue weighted by atomic mass is 9.70. The molecule has 0 spiro atoms. The third kappa shape index (κ3) is 1.89. The van der Waals surface area contributed by atoms with Gasteiger partial charge in [-0.05, 0) is 27.7 Å². The van der Waals surface area contributed by atoms with Crippen LogP contribution in [0.3, 0.4) is 0 Å². The molecule has 1 aromatic rings. The summed E-state index contributed by atoms with van der Waals surface area (Å²) in [7, 11) is 0. The Balaban J connectivity index is 2.46. The van der Waals surface area contributed by atoms with Crippen LogP contribution in [0.4, 0.5) is 0 Å². The van der Waals surface area contributed by atoms with Gasteiger partial charge in [0.05, 0.1) is 11.1 Å². The number of phenols is 2. The fourth-order valence-electron chi connectivity index (χ4n) is 3.38. The summed E-state index contributed by atoms with van der Waals surface area (Å²) < 4.78 is 5.61. The van der Waals surface area contributed by atoms with Crippen molar-refractivity contribution in [3.05, 3.63) is 39.8 Å². The first-order valence-corrected chi connectivity index (χ1v) is 7.58. The van der Waals surface area contributed by atoms with Gasteiger partial charge in [0.2, 0.25) is 0 Å². The highest BCUT2D eigenvalue weighted by Gasteiger charge is 2.56. The summed E-state index contributed by atoms with van der Waals surface area (Å²) in [5.74, 6) is -2.62. The fraction of sp³-hybridized carbons (Fsp3) is 0.278. The van der Waals surface area contributed by atoms with Crippen molar-refractivity contribution >= 4 is 17.3 Å². The number of Topliss-reactive ketones (excluding diaryl/α,β-unsaturated/α-hetero) is 2. The molecular weight excluding hydrogens is 326 g/mol. The maximum atomic E-state index is 13.0. The maximum absolute atomic E-state index is 13.0. The minimum atomic E-state index is -1.51. The molecule has 0 aromatic heterocycles. The van der Waals surface area contributed by atoms with Crippen LogP contribution in [0.2, 0.25) is 0 Å². The number of nitrogens with two attached hydrogens (primary N) is 1. The number of hydrogen-bond donors (Lipinski definition) is 3. The van der Waals surface area contributed by atoms with Crippen molar-refractivity contribution in [3.8, 4) is 17.2 Å². The molecular formula is C18H17NO6. The van der Waals surface area contributed by atoms with Gasteiger partial charge in [0.1, 0.15) is 34.0 Å². The van der Waals surface area contributed by atoms with E-state index in [1.165, 1.54) is 27.7 Å². The number of hydrogen-bond acceptors (Lipinski definition) is 7. The standard InChI is InChI=1S/C18H17NO6/c1-6-14(22)12(8(3)20)16-13(15(6)23)18(4)10(25-16)5-9(21)11(7(2)19)17(18)24/h5,22-23H,19H2,1-4H3/b11-7-. The van der Waals surface area contributed by atoms with E-state index in [2.05, 4.69) is 0 Å². The number of aromatic hydroxyl groups is 2. The van der Waals surface area contributed by atoms with Crippen LogP contribution in [0.1, 0.15) is 42.3 Å². The van der Waals surface area contributed by atoms with Crippen LogP contribution in [0.25, 0.3) is 0 Å². The number of fused-ring (bicyclic) bond motifs is 3. The highest BCUT2D eigenvalue weighted by molar-refractivity contribution is 6.31. The molecule has 0 saturated heterocycles. The molecule has 0 saturated carbocycles. The van der Waals surface area contributed by atoms with Crippen molar-refractivity contribution in [2.75, 3.05) is 0 Å². The van der Waals surface area contributed by atoms with Gasteiger partial charge in [-0.15, -0.1) is 0 Å². The van der Waals surface area contributed by atoms with Crippen molar-refractivity contribution in [2.24, 2.45) is 5.73 Å². The van der Waals surface area contributed by atoms with E-state index >= 15 is 0 Å². The topological polar surface area (TPSA) is 127 Å². The highest BCUT2D eigenvalue weighted by Crippen LogP contribution is 2.57. The quantitative estimate of drug-likeness (QED) is 0.401. The molecule has 0 fully saturated rings. The molecule has 1 atom stereocenters. The fourth-order valence-corrected chi connectivity index (χ4v) is 3.38. The molecule has 4 N–H and O–H groups in total. The van der Waals surface area contributed by atoms with Gasteiger partial charge < -0.3 is 20.7 Å². The molecule has 25 heavy (non-hydrogen) atoms. The number of allylic oxidation sites excluding steroid dienone is 4. The van der Waals surface area contributed by atoms with Gasteiger partial charge in [-0.1, -0.05) is 0 Å². The van der Waals surface area contributed by atoms with E-state index in [4.69, 9.17) is 10.5 Å². The molecule has 1 aliphatic carbocycles. The average Bonchev–Trinajstić information content (AvgIpc) is 2.78. The number of rotatable bonds is 1. The number of phenolic OH excluding ortho intramolecular Hbond substituents is 2. The Morgan fingerprint density at radius 2 is 1.80 bits per heavy atom. The zero-order valence-corrected chi connectivity index (χ0v) is 14.2. The third-order valence-electron chi connectivity index (χ3n) is 4.78. The third-order valence-corrected chi connectivity index (χ3v) is 4.78. The Kier molecular flexibility index (Phi) is 3.32. The molecule has 1 aliphatic heterocycles. The maximum Gasteiger partial charge on any atom is 0.194 e. The monoisotopic (exact) mass is 343 g/mol. The smallest absolute Gasteiger partial charge is 0.194 e. The van der Waals surface area contributed by atoms with Crippen molar-refractivity contribution in [3.63, 3.8) is 0 Å². The summed E-state index contributed by atoms with van der Waals surface area (Å²) >= 11 is 0. The lowest BCUT2D eigenvalue weighted by Crippen LogP contribution is -2.40. The second-order valence-electron chi connectivity index (χ2n) is 6.44. The summed E-state index contributed by atoms with van der Waals surface area (Å²) in [6, 6.07) is 0. The Labute approximate surface area is 143 Å². The highest BCUT2D eigenvalue weighted by atomic mass is 16.5. The zero-order chi connectivity index (χ0) is 18.8. The molecule has 0 bridgehead atoms. The number of carbonyl (C=O) groups excluding carboxylic acids is 3. The minimum absolute atomic E-state index is 0.00898. The average molecular weight is 343 g/mol. The lowest BCUT2D eigenvalue weighted by Gasteiger charge is -2.28. The van der Waals surface area contributed by atoms with Crippen LogP contribution in [0.5, 0.6) is 17.2 Å². The van der Waals surface area contributed by atoms with Crippen LogP contribution in [-0.2, 0) is 15.0 Å². The first-order chi connectivity index (χ1) is 11.5. The van der Waals surface area contributed by atoms with E-state index in [0.717, 1.165) is 6.08 Å². The lowest BCUT2D eigenvalue weighted by molar-refractivity contribution is -0.123. The van der Waals surface area contributed by atoms with Crippen molar-refractivity contribution < 1.29 is 29.3 Å². The molecule has 2 aliphatic rings. The second kappa shape index (κ2) is 4.95. The van der Waals surface area contributed by atoms with Gasteiger partial charge >= 0.3 is 0 Å². The molecule has 0 radical (unpaired) electrons. The Morgan fingerprint density at radius 1 is 1.20 bits per heavy atom. The molecule has 7 nitrogen and oxygen atoms in total. The number of ether oxygens (including phenoxy) is 1. The molecule has 1 aromatic carbocycles. The van der Waals surface area contributed by atoms with Gasteiger partial charge in [0.25, 0.3) is 0 Å². The number of ketones is 3. The van der Waals surface area contributed by atoms with Crippen molar-refractivity contribution in [1.82, 2.24) is 0 Å². The summed E-state index contributed by atoms with van der Waals surface area (Å²) in [5.41, 5.74) is 4.02. The van der Waals surface area contributed by atoms with E-state index < -0.39 is 28.5 Å². The molecule has 0 amide bonds. The number of benzene rings is 1. The normalized spacial score (nSPS) is 23.6.